The quantitative estimate of drug-likeness (QED) is 0.373. The predicted octanol–water partition coefficient (Wildman–Crippen LogP) is 3.25. The van der Waals surface area contributed by atoms with E-state index >= 15 is 0 Å². The molecule has 3 aromatic rings. The first-order chi connectivity index (χ1) is 13.0. The van der Waals surface area contributed by atoms with Gasteiger partial charge in [-0.05, 0) is 31.2 Å². The van der Waals surface area contributed by atoms with E-state index in [2.05, 4.69) is 15.5 Å². The molecule has 0 unspecified atom stereocenters. The number of halogens is 1. The summed E-state index contributed by atoms with van der Waals surface area (Å²) in [4.78, 5) is 23.9. The number of aromatic nitrogens is 3. The molecule has 0 radical (unpaired) electrons. The topological polar surface area (TPSA) is 103 Å². The Balaban J connectivity index is 1.67. The molecule has 3 rings (SSSR count). The standard InChI is InChI=1S/C18H16ClN5O2S/c1-11(25)14-7-2-3-8-15(14)21-16(26)10-27-18-23-22-17(24(18)20)12-5-4-6-13(19)9-12/h2-9H,10,20H2,1H3,(H,21,26). The van der Waals surface area contributed by atoms with Crippen LogP contribution in [0.2, 0.25) is 5.02 Å². The van der Waals surface area contributed by atoms with Gasteiger partial charge in [-0.1, -0.05) is 47.6 Å². The highest BCUT2D eigenvalue weighted by molar-refractivity contribution is 7.99. The van der Waals surface area contributed by atoms with Gasteiger partial charge >= 0.3 is 0 Å². The summed E-state index contributed by atoms with van der Waals surface area (Å²) in [5, 5.41) is 11.8. The first-order valence-electron chi connectivity index (χ1n) is 7.94. The average molecular weight is 402 g/mol. The second-order valence-corrected chi connectivity index (χ2v) is 7.00. The van der Waals surface area contributed by atoms with Crippen LogP contribution >= 0.6 is 23.4 Å². The number of carbonyl (C=O) groups is 2. The fourth-order valence-electron chi connectivity index (χ4n) is 2.42. The fourth-order valence-corrected chi connectivity index (χ4v) is 3.26. The van der Waals surface area contributed by atoms with Crippen molar-refractivity contribution in [2.45, 2.75) is 12.1 Å². The van der Waals surface area contributed by atoms with Crippen molar-refractivity contribution >= 4 is 40.7 Å². The maximum Gasteiger partial charge on any atom is 0.234 e. The molecule has 0 spiro atoms. The van der Waals surface area contributed by atoms with Crippen molar-refractivity contribution in [2.24, 2.45) is 0 Å². The molecule has 0 saturated heterocycles. The highest BCUT2D eigenvalue weighted by Gasteiger charge is 2.15. The molecule has 27 heavy (non-hydrogen) atoms. The summed E-state index contributed by atoms with van der Waals surface area (Å²) in [7, 11) is 0. The van der Waals surface area contributed by atoms with Crippen molar-refractivity contribution in [1.29, 1.82) is 0 Å². The van der Waals surface area contributed by atoms with E-state index in [0.29, 0.717) is 27.3 Å². The van der Waals surface area contributed by atoms with E-state index in [1.807, 2.05) is 6.07 Å². The van der Waals surface area contributed by atoms with E-state index in [1.54, 1.807) is 42.5 Å². The lowest BCUT2D eigenvalue weighted by atomic mass is 10.1. The number of hydrogen-bond donors (Lipinski definition) is 2. The van der Waals surface area contributed by atoms with Crippen molar-refractivity contribution in [3.05, 3.63) is 59.1 Å². The number of anilines is 1. The highest BCUT2D eigenvalue weighted by Crippen LogP contribution is 2.24. The van der Waals surface area contributed by atoms with E-state index < -0.39 is 0 Å². The van der Waals surface area contributed by atoms with Gasteiger partial charge in [0.05, 0.1) is 11.4 Å². The van der Waals surface area contributed by atoms with Crippen molar-refractivity contribution in [3.63, 3.8) is 0 Å². The molecule has 7 nitrogen and oxygen atoms in total. The van der Waals surface area contributed by atoms with Crippen LogP contribution in [0.25, 0.3) is 11.4 Å². The minimum Gasteiger partial charge on any atom is -0.335 e. The van der Waals surface area contributed by atoms with Crippen LogP contribution in [0.5, 0.6) is 0 Å². The van der Waals surface area contributed by atoms with Gasteiger partial charge < -0.3 is 11.2 Å². The molecule has 2 aromatic carbocycles. The molecule has 0 bridgehead atoms. The fraction of sp³-hybridized carbons (Fsp3) is 0.111. The Morgan fingerprint density at radius 1 is 1.19 bits per heavy atom. The Morgan fingerprint density at radius 2 is 1.96 bits per heavy atom. The Kier molecular flexibility index (Phi) is 5.78. The van der Waals surface area contributed by atoms with Gasteiger partial charge in [0, 0.05) is 16.1 Å². The highest BCUT2D eigenvalue weighted by atomic mass is 35.5. The van der Waals surface area contributed by atoms with Gasteiger partial charge in [-0.25, -0.2) is 4.68 Å². The van der Waals surface area contributed by atoms with Gasteiger partial charge in [-0.15, -0.1) is 10.2 Å². The second-order valence-electron chi connectivity index (χ2n) is 5.63. The van der Waals surface area contributed by atoms with Crippen molar-refractivity contribution < 1.29 is 9.59 Å². The molecule has 1 amide bonds. The SMILES string of the molecule is CC(=O)c1ccccc1NC(=O)CSc1nnc(-c2cccc(Cl)c2)n1N. The lowest BCUT2D eigenvalue weighted by Gasteiger charge is -2.08. The molecule has 0 aliphatic rings. The van der Waals surface area contributed by atoms with Crippen LogP contribution in [-0.4, -0.2) is 32.3 Å². The molecule has 1 heterocycles. The maximum absolute atomic E-state index is 12.2. The van der Waals surface area contributed by atoms with Crippen molar-refractivity contribution in [2.75, 3.05) is 16.9 Å². The molecule has 0 aliphatic carbocycles. The summed E-state index contributed by atoms with van der Waals surface area (Å²) in [5.41, 5.74) is 1.66. The van der Waals surface area contributed by atoms with Gasteiger partial charge in [0.2, 0.25) is 11.1 Å². The van der Waals surface area contributed by atoms with Gasteiger partial charge in [0.15, 0.2) is 11.6 Å². The Morgan fingerprint density at radius 3 is 2.70 bits per heavy atom. The summed E-state index contributed by atoms with van der Waals surface area (Å²) in [5.74, 6) is 6.16. The zero-order valence-corrected chi connectivity index (χ0v) is 15.9. The number of thioether (sulfide) groups is 1. The molecule has 1 aromatic heterocycles. The van der Waals surface area contributed by atoms with Gasteiger partial charge in [-0.3, -0.25) is 9.59 Å². The molecule has 0 aliphatic heterocycles. The normalized spacial score (nSPS) is 10.6. The van der Waals surface area contributed by atoms with Gasteiger partial charge in [0.25, 0.3) is 0 Å². The summed E-state index contributed by atoms with van der Waals surface area (Å²) >= 11 is 7.13. The molecule has 0 atom stereocenters. The van der Waals surface area contributed by atoms with Crippen molar-refractivity contribution in [1.82, 2.24) is 14.9 Å². The third kappa shape index (κ3) is 4.47. The number of para-hydroxylation sites is 1. The third-order valence-corrected chi connectivity index (χ3v) is 4.84. The van der Waals surface area contributed by atoms with Crippen LogP contribution in [0.15, 0.2) is 53.7 Å². The summed E-state index contributed by atoms with van der Waals surface area (Å²) in [6.07, 6.45) is 0. The van der Waals surface area contributed by atoms with Gasteiger partial charge in [-0.2, -0.15) is 0 Å². The predicted molar refractivity (Wildman–Crippen MR) is 106 cm³/mol. The number of nitrogens with two attached hydrogens (primary N) is 1. The summed E-state index contributed by atoms with van der Waals surface area (Å²) in [6.45, 7) is 1.45. The number of Topliss-reactive ketones (excluding diaryl/α,β-unsaturated/α-hetero) is 1. The average Bonchev–Trinajstić information content (AvgIpc) is 3.01. The number of benzene rings is 2. The first kappa shape index (κ1) is 18.9. The number of carbonyl (C=O) groups excluding carboxylic acids is 2. The molecule has 0 fully saturated rings. The third-order valence-electron chi connectivity index (χ3n) is 3.66. The molecule has 9 heteroatoms. The Labute approximate surface area is 164 Å². The van der Waals surface area contributed by atoms with Gasteiger partial charge in [0.1, 0.15) is 0 Å². The summed E-state index contributed by atoms with van der Waals surface area (Å²) < 4.78 is 1.31. The zero-order chi connectivity index (χ0) is 19.4. The number of nitrogens with zero attached hydrogens (tertiary/aromatic N) is 3. The van der Waals surface area contributed by atoms with E-state index in [1.165, 1.54) is 11.6 Å². The first-order valence-corrected chi connectivity index (χ1v) is 9.31. The number of nitrogens with one attached hydrogen (secondary N) is 1. The second kappa shape index (κ2) is 8.24. The molecule has 0 saturated carbocycles. The Hall–Kier alpha value is -2.84. The summed E-state index contributed by atoms with van der Waals surface area (Å²) in [6, 6.07) is 13.9. The molecule has 3 N–H and O–H groups in total. The van der Waals surface area contributed by atoms with Crippen LogP contribution in [0.4, 0.5) is 5.69 Å². The smallest absolute Gasteiger partial charge is 0.234 e. The van der Waals surface area contributed by atoms with Crippen LogP contribution in [0.1, 0.15) is 17.3 Å². The zero-order valence-electron chi connectivity index (χ0n) is 14.3. The molecule has 138 valence electrons. The van der Waals surface area contributed by atoms with Crippen molar-refractivity contribution in [3.8, 4) is 11.4 Å². The van der Waals surface area contributed by atoms with E-state index in [0.717, 1.165) is 17.3 Å². The monoisotopic (exact) mass is 401 g/mol. The Bertz CT molecular complexity index is 1000. The van der Waals surface area contributed by atoms with E-state index in [9.17, 15) is 9.59 Å². The van der Waals surface area contributed by atoms with E-state index in [-0.39, 0.29) is 17.4 Å². The minimum atomic E-state index is -0.277. The van der Waals surface area contributed by atoms with Crippen LogP contribution in [-0.2, 0) is 4.79 Å². The number of hydrogen-bond acceptors (Lipinski definition) is 6. The molecular weight excluding hydrogens is 386 g/mol. The minimum absolute atomic E-state index is 0.0666. The van der Waals surface area contributed by atoms with E-state index in [4.69, 9.17) is 17.4 Å². The lowest BCUT2D eigenvalue weighted by Crippen LogP contribution is -2.17. The lowest BCUT2D eigenvalue weighted by molar-refractivity contribution is -0.113. The number of ketones is 1. The number of rotatable bonds is 6. The number of amides is 1. The van der Waals surface area contributed by atoms with Crippen LogP contribution in [0.3, 0.4) is 0 Å². The maximum atomic E-state index is 12.2. The molecular formula is C18H16ClN5O2S. The van der Waals surface area contributed by atoms with Crippen LogP contribution in [0, 0.1) is 0 Å². The van der Waals surface area contributed by atoms with Crippen LogP contribution < -0.4 is 11.2 Å². The number of nitrogen functional groups attached to an aromatic ring is 1. The largest absolute Gasteiger partial charge is 0.335 e.